The molecule has 104 valence electrons. The van der Waals surface area contributed by atoms with Crippen LogP contribution < -0.4 is 10.1 Å². The molecule has 1 amide bonds. The number of halogens is 1. The minimum absolute atomic E-state index is 0.134. The number of rotatable bonds is 5. The lowest BCUT2D eigenvalue weighted by Gasteiger charge is -2.23. The molecular weight excluding hydrogens is 272 g/mol. The molecule has 0 spiro atoms. The zero-order valence-electron chi connectivity index (χ0n) is 10.9. The van der Waals surface area contributed by atoms with Crippen molar-refractivity contribution in [1.29, 1.82) is 0 Å². The maximum Gasteiger partial charge on any atom is 0.273 e. The summed E-state index contributed by atoms with van der Waals surface area (Å²) in [5.74, 6) is 0.00285. The highest BCUT2D eigenvalue weighted by molar-refractivity contribution is 6.18. The summed E-state index contributed by atoms with van der Waals surface area (Å²) in [4.78, 5) is 22.2. The van der Waals surface area contributed by atoms with Crippen molar-refractivity contribution >= 4 is 23.2 Å². The topological polar surface area (TPSA) is 81.5 Å². The van der Waals surface area contributed by atoms with Gasteiger partial charge >= 0.3 is 0 Å². The monoisotopic (exact) mass is 286 g/mol. The molecule has 1 aromatic rings. The van der Waals surface area contributed by atoms with Crippen molar-refractivity contribution in [2.45, 2.75) is 19.4 Å². The van der Waals surface area contributed by atoms with Gasteiger partial charge in [0.25, 0.3) is 11.6 Å². The molecule has 0 heterocycles. The zero-order chi connectivity index (χ0) is 14.6. The van der Waals surface area contributed by atoms with Crippen LogP contribution in [-0.4, -0.2) is 29.4 Å². The van der Waals surface area contributed by atoms with Gasteiger partial charge < -0.3 is 10.1 Å². The molecule has 0 atom stereocenters. The predicted octanol–water partition coefficient (Wildman–Crippen LogP) is 2.35. The summed E-state index contributed by atoms with van der Waals surface area (Å²) in [5, 5.41) is 13.4. The number of hydrogen-bond acceptors (Lipinski definition) is 4. The Morgan fingerprint density at radius 1 is 1.53 bits per heavy atom. The molecule has 1 rings (SSSR count). The number of carbonyl (C=O) groups is 1. The molecule has 19 heavy (non-hydrogen) atoms. The van der Waals surface area contributed by atoms with Gasteiger partial charge in [-0.15, -0.1) is 11.6 Å². The van der Waals surface area contributed by atoms with Crippen LogP contribution >= 0.6 is 11.6 Å². The average Bonchev–Trinajstić information content (AvgIpc) is 2.37. The fourth-order valence-electron chi connectivity index (χ4n) is 1.39. The maximum absolute atomic E-state index is 12.1. The van der Waals surface area contributed by atoms with Gasteiger partial charge in [0.05, 0.1) is 23.7 Å². The van der Waals surface area contributed by atoms with Gasteiger partial charge in [0, 0.05) is 17.5 Å². The third-order valence-corrected chi connectivity index (χ3v) is 3.09. The third kappa shape index (κ3) is 3.82. The van der Waals surface area contributed by atoms with Crippen LogP contribution in [0.4, 0.5) is 5.69 Å². The number of nitro benzene ring substituents is 1. The van der Waals surface area contributed by atoms with Crippen LogP contribution in [0.3, 0.4) is 0 Å². The molecule has 0 aliphatic carbocycles. The number of non-ortho nitro benzene ring substituents is 1. The van der Waals surface area contributed by atoms with Gasteiger partial charge in [0.1, 0.15) is 5.75 Å². The van der Waals surface area contributed by atoms with Crippen LogP contribution in [0, 0.1) is 10.1 Å². The second-order valence-corrected chi connectivity index (χ2v) is 4.88. The van der Waals surface area contributed by atoms with E-state index in [2.05, 4.69) is 5.32 Å². The molecular formula is C12H15ClN2O4. The van der Waals surface area contributed by atoms with E-state index < -0.39 is 16.4 Å². The summed E-state index contributed by atoms with van der Waals surface area (Å²) in [7, 11) is 1.35. The highest BCUT2D eigenvalue weighted by Crippen LogP contribution is 2.25. The van der Waals surface area contributed by atoms with Gasteiger partial charge in [-0.2, -0.15) is 0 Å². The van der Waals surface area contributed by atoms with Crippen molar-refractivity contribution < 1.29 is 14.5 Å². The van der Waals surface area contributed by atoms with Gasteiger partial charge in [-0.3, -0.25) is 14.9 Å². The van der Waals surface area contributed by atoms with E-state index >= 15 is 0 Å². The Morgan fingerprint density at radius 2 is 2.16 bits per heavy atom. The Balaban J connectivity index is 3.07. The van der Waals surface area contributed by atoms with Crippen LogP contribution in [-0.2, 0) is 0 Å². The number of methoxy groups -OCH3 is 1. The van der Waals surface area contributed by atoms with E-state index in [0.717, 1.165) is 0 Å². The van der Waals surface area contributed by atoms with Gasteiger partial charge in [-0.1, -0.05) is 0 Å². The highest BCUT2D eigenvalue weighted by atomic mass is 35.5. The second-order valence-electron chi connectivity index (χ2n) is 4.61. The Hall–Kier alpha value is -1.82. The van der Waals surface area contributed by atoms with Crippen molar-refractivity contribution in [3.05, 3.63) is 33.9 Å². The van der Waals surface area contributed by atoms with Crippen LogP contribution in [0.1, 0.15) is 24.2 Å². The Morgan fingerprint density at radius 3 is 2.63 bits per heavy atom. The van der Waals surface area contributed by atoms with E-state index in [1.807, 2.05) is 0 Å². The van der Waals surface area contributed by atoms with E-state index in [1.54, 1.807) is 13.8 Å². The molecule has 7 heteroatoms. The van der Waals surface area contributed by atoms with E-state index in [-0.39, 0.29) is 22.9 Å². The summed E-state index contributed by atoms with van der Waals surface area (Å²) in [6, 6.07) is 3.82. The lowest BCUT2D eigenvalue weighted by Crippen LogP contribution is -2.45. The van der Waals surface area contributed by atoms with E-state index in [9.17, 15) is 14.9 Å². The maximum atomic E-state index is 12.1. The fourth-order valence-corrected chi connectivity index (χ4v) is 1.46. The fraction of sp³-hybridized carbons (Fsp3) is 0.417. The number of nitrogens with one attached hydrogen (secondary N) is 1. The smallest absolute Gasteiger partial charge is 0.273 e. The minimum Gasteiger partial charge on any atom is -0.496 e. The Labute approximate surface area is 115 Å². The molecule has 0 fully saturated rings. The second kappa shape index (κ2) is 5.88. The molecule has 0 aliphatic rings. The largest absolute Gasteiger partial charge is 0.496 e. The number of hydrogen-bond donors (Lipinski definition) is 1. The summed E-state index contributed by atoms with van der Waals surface area (Å²) < 4.78 is 5.01. The number of nitrogens with zero attached hydrogens (tertiary/aromatic N) is 1. The molecule has 0 unspecified atom stereocenters. The van der Waals surface area contributed by atoms with Crippen LogP contribution in [0.5, 0.6) is 5.75 Å². The number of ether oxygens (including phenoxy) is 1. The lowest BCUT2D eigenvalue weighted by molar-refractivity contribution is -0.384. The van der Waals surface area contributed by atoms with E-state index in [1.165, 1.54) is 25.3 Å². The van der Waals surface area contributed by atoms with Gasteiger partial charge in [0.2, 0.25) is 0 Å². The number of alkyl halides is 1. The van der Waals surface area contributed by atoms with E-state index in [4.69, 9.17) is 16.3 Å². The van der Waals surface area contributed by atoms with Crippen molar-refractivity contribution in [2.75, 3.05) is 13.0 Å². The van der Waals surface area contributed by atoms with Crippen LogP contribution in [0.2, 0.25) is 0 Å². The minimum atomic E-state index is -0.578. The first-order chi connectivity index (χ1) is 8.80. The summed E-state index contributed by atoms with van der Waals surface area (Å²) in [5.41, 5.74) is -0.484. The highest BCUT2D eigenvalue weighted by Gasteiger charge is 2.23. The van der Waals surface area contributed by atoms with E-state index in [0.29, 0.717) is 0 Å². The molecule has 0 aliphatic heterocycles. The molecule has 0 radical (unpaired) electrons. The van der Waals surface area contributed by atoms with Crippen molar-refractivity contribution in [2.24, 2.45) is 0 Å². The first-order valence-corrected chi connectivity index (χ1v) is 6.05. The third-order valence-electron chi connectivity index (χ3n) is 2.43. The Bertz CT molecular complexity index is 503. The lowest BCUT2D eigenvalue weighted by atomic mass is 10.1. The van der Waals surface area contributed by atoms with Crippen LogP contribution in [0.25, 0.3) is 0 Å². The molecule has 0 saturated carbocycles. The molecule has 6 nitrogen and oxygen atoms in total. The van der Waals surface area contributed by atoms with Crippen molar-refractivity contribution in [3.63, 3.8) is 0 Å². The molecule has 0 aromatic heterocycles. The van der Waals surface area contributed by atoms with Crippen molar-refractivity contribution in [3.8, 4) is 5.75 Å². The van der Waals surface area contributed by atoms with Gasteiger partial charge in [0.15, 0.2) is 0 Å². The normalized spacial score (nSPS) is 10.9. The predicted molar refractivity (Wildman–Crippen MR) is 71.9 cm³/mol. The van der Waals surface area contributed by atoms with Gasteiger partial charge in [-0.25, -0.2) is 0 Å². The van der Waals surface area contributed by atoms with Gasteiger partial charge in [-0.05, 0) is 19.9 Å². The molecule has 0 saturated heterocycles. The first kappa shape index (κ1) is 15.2. The van der Waals surface area contributed by atoms with Crippen molar-refractivity contribution in [1.82, 2.24) is 5.32 Å². The Kier molecular flexibility index (Phi) is 4.72. The summed E-state index contributed by atoms with van der Waals surface area (Å²) in [6.45, 7) is 3.55. The summed E-state index contributed by atoms with van der Waals surface area (Å²) >= 11 is 5.73. The number of benzene rings is 1. The number of amides is 1. The first-order valence-electron chi connectivity index (χ1n) is 5.51. The standard InChI is InChI=1S/C12H15ClN2O4/c1-12(2,7-13)14-11(16)9-5-4-8(15(17)18)6-10(9)19-3/h4-6H,7H2,1-3H3,(H,14,16). The summed E-state index contributed by atoms with van der Waals surface area (Å²) in [6.07, 6.45) is 0. The number of nitro groups is 1. The number of carbonyl (C=O) groups excluding carboxylic acids is 1. The molecule has 0 bridgehead atoms. The SMILES string of the molecule is COc1cc([N+](=O)[O-])ccc1C(=O)NC(C)(C)CCl. The quantitative estimate of drug-likeness (QED) is 0.512. The zero-order valence-corrected chi connectivity index (χ0v) is 11.7. The molecule has 1 aromatic carbocycles. The molecule has 1 N–H and O–H groups in total. The average molecular weight is 287 g/mol. The van der Waals surface area contributed by atoms with Crippen LogP contribution in [0.15, 0.2) is 18.2 Å².